The molecule has 1 atom stereocenters. The summed E-state index contributed by atoms with van der Waals surface area (Å²) in [7, 11) is 0. The zero-order valence-electron chi connectivity index (χ0n) is 19.4. The molecule has 1 N–H and O–H groups in total. The summed E-state index contributed by atoms with van der Waals surface area (Å²) in [4.78, 5) is 41.9. The van der Waals surface area contributed by atoms with Crippen molar-refractivity contribution >= 4 is 34.2 Å². The van der Waals surface area contributed by atoms with Gasteiger partial charge in [-0.25, -0.2) is 4.39 Å². The molecule has 0 saturated heterocycles. The smallest absolute Gasteiger partial charge is 0.258 e. The van der Waals surface area contributed by atoms with E-state index in [0.29, 0.717) is 25.1 Å². The van der Waals surface area contributed by atoms with Gasteiger partial charge >= 0.3 is 0 Å². The summed E-state index contributed by atoms with van der Waals surface area (Å²) in [6, 6.07) is 16.8. The van der Waals surface area contributed by atoms with Gasteiger partial charge in [-0.05, 0) is 55.5 Å². The van der Waals surface area contributed by atoms with Gasteiger partial charge in [0.05, 0.1) is 5.69 Å². The van der Waals surface area contributed by atoms with Gasteiger partial charge in [-0.15, -0.1) is 0 Å². The number of benzene rings is 3. The Labute approximate surface area is 198 Å². The molecule has 3 aromatic rings. The van der Waals surface area contributed by atoms with Gasteiger partial charge in [-0.3, -0.25) is 14.4 Å². The second-order valence-electron chi connectivity index (χ2n) is 8.46. The molecule has 7 heteroatoms. The summed E-state index contributed by atoms with van der Waals surface area (Å²) in [5, 5.41) is 4.72. The van der Waals surface area contributed by atoms with Gasteiger partial charge in [-0.1, -0.05) is 36.4 Å². The third kappa shape index (κ3) is 4.64. The van der Waals surface area contributed by atoms with Crippen molar-refractivity contribution in [1.82, 2.24) is 10.2 Å². The molecule has 4 rings (SSSR count). The molecule has 0 spiro atoms. The van der Waals surface area contributed by atoms with Crippen LogP contribution in [0.4, 0.5) is 10.1 Å². The number of halogens is 1. The molecule has 0 radical (unpaired) electrons. The molecule has 176 valence electrons. The normalized spacial score (nSPS) is 13.3. The first-order valence-electron chi connectivity index (χ1n) is 11.6. The quantitative estimate of drug-likeness (QED) is 0.517. The van der Waals surface area contributed by atoms with E-state index in [-0.39, 0.29) is 36.5 Å². The van der Waals surface area contributed by atoms with Gasteiger partial charge in [0.2, 0.25) is 11.8 Å². The zero-order valence-corrected chi connectivity index (χ0v) is 19.4. The third-order valence-electron chi connectivity index (χ3n) is 6.21. The average Bonchev–Trinajstić information content (AvgIpc) is 3.11. The Hall–Kier alpha value is -3.74. The van der Waals surface area contributed by atoms with Crippen LogP contribution in [0.15, 0.2) is 60.7 Å². The molecule has 1 heterocycles. The largest absolute Gasteiger partial charge is 0.355 e. The van der Waals surface area contributed by atoms with Gasteiger partial charge in [0.25, 0.3) is 5.91 Å². The lowest BCUT2D eigenvalue weighted by Gasteiger charge is -2.29. The molecule has 1 aliphatic heterocycles. The Morgan fingerprint density at radius 1 is 1.06 bits per heavy atom. The maximum Gasteiger partial charge on any atom is 0.258 e. The van der Waals surface area contributed by atoms with Gasteiger partial charge < -0.3 is 15.1 Å². The van der Waals surface area contributed by atoms with E-state index < -0.39 is 6.04 Å². The molecule has 3 aromatic carbocycles. The maximum atomic E-state index is 13.3. The van der Waals surface area contributed by atoms with Crippen LogP contribution in [0, 0.1) is 5.82 Å². The number of rotatable bonds is 9. The van der Waals surface area contributed by atoms with E-state index >= 15 is 0 Å². The molecule has 0 unspecified atom stereocenters. The van der Waals surface area contributed by atoms with Gasteiger partial charge in [0, 0.05) is 37.0 Å². The van der Waals surface area contributed by atoms with Crippen molar-refractivity contribution in [1.29, 1.82) is 0 Å². The Kier molecular flexibility index (Phi) is 6.91. The van der Waals surface area contributed by atoms with E-state index in [1.165, 1.54) is 17.0 Å². The molecule has 6 nitrogen and oxygen atoms in total. The van der Waals surface area contributed by atoms with Crippen molar-refractivity contribution in [2.24, 2.45) is 0 Å². The average molecular weight is 462 g/mol. The van der Waals surface area contributed by atoms with Crippen LogP contribution >= 0.6 is 0 Å². The summed E-state index contributed by atoms with van der Waals surface area (Å²) < 4.78 is 13.3. The summed E-state index contributed by atoms with van der Waals surface area (Å²) in [6.45, 7) is 4.57. The molecule has 34 heavy (non-hydrogen) atoms. The summed E-state index contributed by atoms with van der Waals surface area (Å²) in [5.74, 6) is -0.844. The minimum Gasteiger partial charge on any atom is -0.355 e. The lowest BCUT2D eigenvalue weighted by Crippen LogP contribution is -2.47. The molecule has 1 aliphatic rings. The Balaban J connectivity index is 1.45. The summed E-state index contributed by atoms with van der Waals surface area (Å²) in [5.41, 5.74) is 2.29. The van der Waals surface area contributed by atoms with Crippen LogP contribution in [0.1, 0.15) is 42.6 Å². The van der Waals surface area contributed by atoms with Crippen LogP contribution < -0.4 is 10.2 Å². The fraction of sp³-hybridized carbons (Fsp3) is 0.296. The van der Waals surface area contributed by atoms with Crippen molar-refractivity contribution in [2.75, 3.05) is 18.0 Å². The fourth-order valence-corrected chi connectivity index (χ4v) is 4.42. The number of hydrogen-bond acceptors (Lipinski definition) is 3. The van der Waals surface area contributed by atoms with E-state index in [1.807, 2.05) is 43.3 Å². The van der Waals surface area contributed by atoms with E-state index in [9.17, 15) is 18.8 Å². The van der Waals surface area contributed by atoms with Crippen LogP contribution in [0.2, 0.25) is 0 Å². The maximum absolute atomic E-state index is 13.3. The van der Waals surface area contributed by atoms with Crippen LogP contribution in [0.25, 0.3) is 10.8 Å². The van der Waals surface area contributed by atoms with Crippen molar-refractivity contribution in [2.45, 2.75) is 39.3 Å². The van der Waals surface area contributed by atoms with Gasteiger partial charge in [0.1, 0.15) is 11.9 Å². The fourth-order valence-electron chi connectivity index (χ4n) is 4.42. The standard InChI is InChI=1S/C27H28FN3O3/c1-3-29-26(33)18(2)31(17-19-12-14-21(28)15-13-19)24(32)11-6-16-30-23-10-5-8-20-7-4-9-22(25(20)23)27(30)34/h4-5,7-10,12-15,18H,3,6,11,16-17H2,1-2H3,(H,29,33)/t18-/m1/s1. The molecule has 0 aromatic heterocycles. The summed E-state index contributed by atoms with van der Waals surface area (Å²) >= 11 is 0. The highest BCUT2D eigenvalue weighted by Gasteiger charge is 2.30. The second kappa shape index (κ2) is 10.0. The SMILES string of the molecule is CCNC(=O)[C@@H](C)N(Cc1ccc(F)cc1)C(=O)CCCN1C(=O)c2cccc3cccc1c23. The second-order valence-corrected chi connectivity index (χ2v) is 8.46. The lowest BCUT2D eigenvalue weighted by atomic mass is 10.1. The first kappa shape index (κ1) is 23.4. The number of nitrogens with zero attached hydrogens (tertiary/aromatic N) is 2. The molecule has 3 amide bonds. The monoisotopic (exact) mass is 461 g/mol. The number of anilines is 1. The number of amides is 3. The van der Waals surface area contributed by atoms with Crippen LogP contribution in [-0.2, 0) is 16.1 Å². The Morgan fingerprint density at radius 2 is 1.76 bits per heavy atom. The molecule has 0 saturated carbocycles. The Bertz CT molecular complexity index is 1220. The first-order chi connectivity index (χ1) is 16.4. The molecular weight excluding hydrogens is 433 g/mol. The van der Waals surface area contributed by atoms with Crippen molar-refractivity contribution in [3.05, 3.63) is 77.6 Å². The van der Waals surface area contributed by atoms with Gasteiger partial charge in [0.15, 0.2) is 0 Å². The molecule has 0 bridgehead atoms. The number of nitrogens with one attached hydrogen (secondary N) is 1. The van der Waals surface area contributed by atoms with E-state index in [2.05, 4.69) is 5.32 Å². The highest BCUT2D eigenvalue weighted by atomic mass is 19.1. The molecule has 0 fully saturated rings. The number of hydrogen-bond donors (Lipinski definition) is 1. The van der Waals surface area contributed by atoms with E-state index in [0.717, 1.165) is 22.0 Å². The van der Waals surface area contributed by atoms with Gasteiger partial charge in [-0.2, -0.15) is 0 Å². The minimum absolute atomic E-state index is 0.0573. The molecule has 0 aliphatic carbocycles. The van der Waals surface area contributed by atoms with Crippen LogP contribution in [0.5, 0.6) is 0 Å². The predicted molar refractivity (Wildman–Crippen MR) is 130 cm³/mol. The van der Waals surface area contributed by atoms with E-state index in [4.69, 9.17) is 0 Å². The number of carbonyl (C=O) groups is 3. The Morgan fingerprint density at radius 3 is 2.47 bits per heavy atom. The molecular formula is C27H28FN3O3. The zero-order chi connectivity index (χ0) is 24.2. The third-order valence-corrected chi connectivity index (χ3v) is 6.21. The number of carbonyl (C=O) groups excluding carboxylic acids is 3. The highest BCUT2D eigenvalue weighted by Crippen LogP contribution is 2.37. The van der Waals surface area contributed by atoms with Crippen molar-refractivity contribution in [3.8, 4) is 0 Å². The first-order valence-corrected chi connectivity index (χ1v) is 11.6. The predicted octanol–water partition coefficient (Wildman–Crippen LogP) is 4.27. The van der Waals surface area contributed by atoms with E-state index in [1.54, 1.807) is 24.0 Å². The van der Waals surface area contributed by atoms with Crippen LogP contribution in [-0.4, -0.2) is 41.8 Å². The minimum atomic E-state index is -0.677. The van der Waals surface area contributed by atoms with Crippen molar-refractivity contribution < 1.29 is 18.8 Å². The van der Waals surface area contributed by atoms with Crippen molar-refractivity contribution in [3.63, 3.8) is 0 Å². The summed E-state index contributed by atoms with van der Waals surface area (Å²) in [6.07, 6.45) is 0.637. The number of likely N-dealkylation sites (N-methyl/N-ethyl adjacent to an activating group) is 1. The lowest BCUT2D eigenvalue weighted by molar-refractivity contribution is -0.140. The highest BCUT2D eigenvalue weighted by molar-refractivity contribution is 6.25. The van der Waals surface area contributed by atoms with Crippen LogP contribution in [0.3, 0.4) is 0 Å². The topological polar surface area (TPSA) is 69.7 Å².